The second-order valence-corrected chi connectivity index (χ2v) is 3.66. The first kappa shape index (κ1) is 8.47. The summed E-state index contributed by atoms with van der Waals surface area (Å²) in [6.07, 6.45) is 4.76. The van der Waals surface area contributed by atoms with Gasteiger partial charge in [-0.15, -0.1) is 0 Å². The van der Waals surface area contributed by atoms with Crippen LogP contribution in [0.25, 0.3) is 11.3 Å². The number of anilines is 1. The van der Waals surface area contributed by atoms with Crippen LogP contribution in [0.4, 0.5) is 5.82 Å². The van der Waals surface area contributed by atoms with E-state index in [2.05, 4.69) is 21.5 Å². The van der Waals surface area contributed by atoms with Crippen molar-refractivity contribution in [2.45, 2.75) is 13.0 Å². The zero-order valence-electron chi connectivity index (χ0n) is 8.35. The zero-order valence-corrected chi connectivity index (χ0v) is 8.35. The van der Waals surface area contributed by atoms with Gasteiger partial charge in [0.15, 0.2) is 0 Å². The van der Waals surface area contributed by atoms with Crippen LogP contribution in [0.3, 0.4) is 0 Å². The zero-order chi connectivity index (χ0) is 10.1. The summed E-state index contributed by atoms with van der Waals surface area (Å²) in [6.45, 7) is 2.04. The number of aromatic nitrogens is 3. The lowest BCUT2D eigenvalue weighted by atomic mass is 10.2. The Morgan fingerprint density at radius 2 is 2.40 bits per heavy atom. The smallest absolute Gasteiger partial charge is 0.124 e. The lowest BCUT2D eigenvalue weighted by Crippen LogP contribution is -2.17. The molecule has 0 saturated heterocycles. The Kier molecular flexibility index (Phi) is 1.91. The molecule has 4 nitrogen and oxygen atoms in total. The highest BCUT2D eigenvalue weighted by atomic mass is 15.3. The maximum Gasteiger partial charge on any atom is 0.124 e. The predicted molar refractivity (Wildman–Crippen MR) is 58.6 cm³/mol. The van der Waals surface area contributed by atoms with Crippen molar-refractivity contribution in [2.24, 2.45) is 0 Å². The molecular formula is C11H12N4. The molecule has 0 unspecified atom stereocenters. The standard InChI is InChI=1S/C11H12N4/c1-3-9(8-12-4-1)10-7-11-13-5-2-6-15(11)14-10/h1,3-4,7-8,13H,2,5-6H2. The normalized spacial score (nSPS) is 14.4. The van der Waals surface area contributed by atoms with Crippen molar-refractivity contribution in [3.8, 4) is 11.3 Å². The van der Waals surface area contributed by atoms with E-state index in [1.807, 2.05) is 23.0 Å². The molecule has 4 heteroatoms. The lowest BCUT2D eigenvalue weighted by Gasteiger charge is -2.14. The molecule has 1 aliphatic rings. The second kappa shape index (κ2) is 3.38. The fraction of sp³-hybridized carbons (Fsp3) is 0.273. The molecular weight excluding hydrogens is 188 g/mol. The number of fused-ring (bicyclic) bond motifs is 1. The van der Waals surface area contributed by atoms with Crippen molar-refractivity contribution >= 4 is 5.82 Å². The van der Waals surface area contributed by atoms with E-state index in [0.29, 0.717) is 0 Å². The molecule has 0 amide bonds. The number of aryl methyl sites for hydroxylation is 1. The van der Waals surface area contributed by atoms with Gasteiger partial charge in [0.2, 0.25) is 0 Å². The molecule has 1 aliphatic heterocycles. The molecule has 2 aromatic heterocycles. The molecule has 0 spiro atoms. The first-order valence-electron chi connectivity index (χ1n) is 5.15. The minimum Gasteiger partial charge on any atom is -0.370 e. The predicted octanol–water partition coefficient (Wildman–Crippen LogP) is 1.76. The highest BCUT2D eigenvalue weighted by Crippen LogP contribution is 2.22. The summed E-state index contributed by atoms with van der Waals surface area (Å²) in [7, 11) is 0. The van der Waals surface area contributed by atoms with Crippen LogP contribution in [0.15, 0.2) is 30.6 Å². The minimum atomic E-state index is 0.993. The third kappa shape index (κ3) is 1.48. The summed E-state index contributed by atoms with van der Waals surface area (Å²) in [5.74, 6) is 1.11. The van der Waals surface area contributed by atoms with Gasteiger partial charge in [-0.25, -0.2) is 4.68 Å². The van der Waals surface area contributed by atoms with Gasteiger partial charge in [-0.2, -0.15) is 5.10 Å². The van der Waals surface area contributed by atoms with Crippen molar-refractivity contribution in [3.63, 3.8) is 0 Å². The first-order chi connectivity index (χ1) is 7.43. The van der Waals surface area contributed by atoms with Crippen LogP contribution in [0.2, 0.25) is 0 Å². The fourth-order valence-corrected chi connectivity index (χ4v) is 1.83. The van der Waals surface area contributed by atoms with Crippen molar-refractivity contribution in [1.82, 2.24) is 14.8 Å². The van der Waals surface area contributed by atoms with Gasteiger partial charge in [-0.3, -0.25) is 4.98 Å². The summed E-state index contributed by atoms with van der Waals surface area (Å²) < 4.78 is 2.02. The monoisotopic (exact) mass is 200 g/mol. The van der Waals surface area contributed by atoms with Crippen molar-refractivity contribution < 1.29 is 0 Å². The van der Waals surface area contributed by atoms with E-state index in [-0.39, 0.29) is 0 Å². The minimum absolute atomic E-state index is 0.993. The van der Waals surface area contributed by atoms with Crippen LogP contribution in [-0.2, 0) is 6.54 Å². The first-order valence-corrected chi connectivity index (χ1v) is 5.15. The van der Waals surface area contributed by atoms with E-state index in [4.69, 9.17) is 0 Å². The quantitative estimate of drug-likeness (QED) is 0.762. The Morgan fingerprint density at radius 1 is 1.40 bits per heavy atom. The molecule has 0 fully saturated rings. The Labute approximate surface area is 88.0 Å². The van der Waals surface area contributed by atoms with Crippen LogP contribution in [0.5, 0.6) is 0 Å². The maximum atomic E-state index is 4.54. The number of nitrogens with zero attached hydrogens (tertiary/aromatic N) is 3. The van der Waals surface area contributed by atoms with Gasteiger partial charge in [-0.05, 0) is 18.6 Å². The van der Waals surface area contributed by atoms with Gasteiger partial charge < -0.3 is 5.32 Å². The molecule has 3 heterocycles. The lowest BCUT2D eigenvalue weighted by molar-refractivity contribution is 0.569. The molecule has 2 aromatic rings. The number of pyridine rings is 1. The Balaban J connectivity index is 2.03. The molecule has 3 rings (SSSR count). The number of hydrogen-bond donors (Lipinski definition) is 1. The SMILES string of the molecule is c1cncc(-c2cc3n(n2)CCCN3)c1. The third-order valence-electron chi connectivity index (χ3n) is 2.59. The summed E-state index contributed by atoms with van der Waals surface area (Å²) in [5, 5.41) is 7.87. The van der Waals surface area contributed by atoms with Gasteiger partial charge in [0.25, 0.3) is 0 Å². The van der Waals surface area contributed by atoms with E-state index in [1.165, 1.54) is 0 Å². The maximum absolute atomic E-state index is 4.54. The summed E-state index contributed by atoms with van der Waals surface area (Å²) >= 11 is 0. The highest BCUT2D eigenvalue weighted by Gasteiger charge is 2.12. The van der Waals surface area contributed by atoms with Gasteiger partial charge in [0.05, 0.1) is 5.69 Å². The summed E-state index contributed by atoms with van der Waals surface area (Å²) in [6, 6.07) is 6.04. The number of rotatable bonds is 1. The van der Waals surface area contributed by atoms with Gasteiger partial charge in [0.1, 0.15) is 5.82 Å². The van der Waals surface area contributed by atoms with Gasteiger partial charge in [-0.1, -0.05) is 0 Å². The van der Waals surface area contributed by atoms with Crippen molar-refractivity contribution in [1.29, 1.82) is 0 Å². The van der Waals surface area contributed by atoms with Crippen molar-refractivity contribution in [3.05, 3.63) is 30.6 Å². The van der Waals surface area contributed by atoms with E-state index < -0.39 is 0 Å². The van der Waals surface area contributed by atoms with E-state index >= 15 is 0 Å². The summed E-state index contributed by atoms with van der Waals surface area (Å²) in [4.78, 5) is 4.10. The van der Waals surface area contributed by atoms with Gasteiger partial charge >= 0.3 is 0 Å². The Bertz CT molecular complexity index is 437. The highest BCUT2D eigenvalue weighted by molar-refractivity contribution is 5.62. The molecule has 0 saturated carbocycles. The average Bonchev–Trinajstić information content (AvgIpc) is 2.74. The van der Waals surface area contributed by atoms with Crippen molar-refractivity contribution in [2.75, 3.05) is 11.9 Å². The molecule has 0 atom stereocenters. The third-order valence-corrected chi connectivity index (χ3v) is 2.59. The van der Waals surface area contributed by atoms with E-state index in [0.717, 1.165) is 36.6 Å². The number of nitrogens with one attached hydrogen (secondary N) is 1. The number of hydrogen-bond acceptors (Lipinski definition) is 3. The van der Waals surface area contributed by atoms with E-state index in [9.17, 15) is 0 Å². The average molecular weight is 200 g/mol. The molecule has 76 valence electrons. The largest absolute Gasteiger partial charge is 0.370 e. The molecule has 1 N–H and O–H groups in total. The fourth-order valence-electron chi connectivity index (χ4n) is 1.83. The topological polar surface area (TPSA) is 42.7 Å². The van der Waals surface area contributed by atoms with Crippen LogP contribution in [-0.4, -0.2) is 21.3 Å². The molecule has 0 aromatic carbocycles. The molecule has 0 bridgehead atoms. The Hall–Kier alpha value is -1.84. The Morgan fingerprint density at radius 3 is 3.20 bits per heavy atom. The van der Waals surface area contributed by atoms with Crippen LogP contribution in [0, 0.1) is 0 Å². The van der Waals surface area contributed by atoms with Crippen LogP contribution in [0.1, 0.15) is 6.42 Å². The molecule has 15 heavy (non-hydrogen) atoms. The summed E-state index contributed by atoms with van der Waals surface area (Å²) in [5.41, 5.74) is 2.06. The molecule has 0 radical (unpaired) electrons. The molecule has 0 aliphatic carbocycles. The van der Waals surface area contributed by atoms with Gasteiger partial charge in [0, 0.05) is 37.1 Å². The van der Waals surface area contributed by atoms with Crippen LogP contribution >= 0.6 is 0 Å². The van der Waals surface area contributed by atoms with E-state index in [1.54, 1.807) is 6.20 Å². The second-order valence-electron chi connectivity index (χ2n) is 3.66. The van der Waals surface area contributed by atoms with Crippen LogP contribution < -0.4 is 5.32 Å².